The Labute approximate surface area is 165 Å². The zero-order valence-electron chi connectivity index (χ0n) is 16.2. The molecule has 3 aromatic rings. The van der Waals surface area contributed by atoms with Crippen LogP contribution in [0.4, 0.5) is 10.1 Å². The van der Waals surface area contributed by atoms with Crippen molar-refractivity contribution in [3.8, 4) is 0 Å². The van der Waals surface area contributed by atoms with Gasteiger partial charge in [-0.1, -0.05) is 48.5 Å². The molecule has 3 nitrogen and oxygen atoms in total. The minimum Gasteiger partial charge on any atom is -0.316 e. The first-order valence-corrected chi connectivity index (χ1v) is 9.39. The van der Waals surface area contributed by atoms with Crippen molar-refractivity contribution in [1.82, 2.24) is 0 Å². The fraction of sp³-hybridized carbons (Fsp3) is 0.208. The number of aryl methyl sites for hydroxylation is 2. The molecule has 3 aromatic carbocycles. The molecule has 0 aromatic heterocycles. The minimum atomic E-state index is -0.740. The fourth-order valence-corrected chi connectivity index (χ4v) is 3.12. The molecule has 0 fully saturated rings. The van der Waals surface area contributed by atoms with Crippen LogP contribution in [-0.4, -0.2) is 12.5 Å². The van der Waals surface area contributed by atoms with Crippen LogP contribution in [0.2, 0.25) is 0 Å². The normalized spacial score (nSPS) is 11.9. The third-order valence-electron chi connectivity index (χ3n) is 5.03. The molecular formula is C24H25FN2O. The standard InChI is InChI=1S/C24H25FN2O/c1-17-8-13-22(16-18(17)2)27(15-14-19-9-11-21(25)12-10-19)24(28)23(26)20-6-4-3-5-7-20/h3-13,16,23H,14-15,26H2,1-2H3/t23-/m0/s1. The van der Waals surface area contributed by atoms with Crippen molar-refractivity contribution in [2.75, 3.05) is 11.4 Å². The number of hydrogen-bond donors (Lipinski definition) is 1. The topological polar surface area (TPSA) is 46.3 Å². The quantitative estimate of drug-likeness (QED) is 0.677. The maximum atomic E-state index is 13.3. The summed E-state index contributed by atoms with van der Waals surface area (Å²) in [5, 5.41) is 0. The first-order valence-electron chi connectivity index (χ1n) is 9.39. The second-order valence-electron chi connectivity index (χ2n) is 7.02. The van der Waals surface area contributed by atoms with E-state index in [9.17, 15) is 9.18 Å². The lowest BCUT2D eigenvalue weighted by Crippen LogP contribution is -2.40. The van der Waals surface area contributed by atoms with Gasteiger partial charge < -0.3 is 10.6 Å². The van der Waals surface area contributed by atoms with Gasteiger partial charge in [-0.25, -0.2) is 4.39 Å². The van der Waals surface area contributed by atoms with E-state index in [1.54, 1.807) is 17.0 Å². The highest BCUT2D eigenvalue weighted by Crippen LogP contribution is 2.23. The molecule has 144 valence electrons. The van der Waals surface area contributed by atoms with Crippen LogP contribution >= 0.6 is 0 Å². The predicted octanol–water partition coefficient (Wildman–Crippen LogP) is 4.72. The van der Waals surface area contributed by atoms with Crippen LogP contribution in [-0.2, 0) is 11.2 Å². The Morgan fingerprint density at radius 3 is 2.29 bits per heavy atom. The highest BCUT2D eigenvalue weighted by atomic mass is 19.1. The molecule has 0 unspecified atom stereocenters. The van der Waals surface area contributed by atoms with Gasteiger partial charge in [0.1, 0.15) is 11.9 Å². The van der Waals surface area contributed by atoms with Gasteiger partial charge in [-0.05, 0) is 66.8 Å². The summed E-state index contributed by atoms with van der Waals surface area (Å²) in [7, 11) is 0. The Morgan fingerprint density at radius 2 is 1.64 bits per heavy atom. The molecule has 0 saturated heterocycles. The molecule has 0 aliphatic rings. The van der Waals surface area contributed by atoms with Crippen LogP contribution < -0.4 is 10.6 Å². The van der Waals surface area contributed by atoms with Gasteiger partial charge >= 0.3 is 0 Å². The molecule has 0 aliphatic heterocycles. The van der Waals surface area contributed by atoms with Crippen LogP contribution in [0.25, 0.3) is 0 Å². The van der Waals surface area contributed by atoms with Crippen molar-refractivity contribution in [2.24, 2.45) is 5.73 Å². The van der Waals surface area contributed by atoms with Crippen LogP contribution in [0, 0.1) is 19.7 Å². The third kappa shape index (κ3) is 4.65. The predicted molar refractivity (Wildman–Crippen MR) is 112 cm³/mol. The molecular weight excluding hydrogens is 351 g/mol. The van der Waals surface area contributed by atoms with E-state index in [4.69, 9.17) is 5.73 Å². The van der Waals surface area contributed by atoms with E-state index in [1.165, 1.54) is 17.7 Å². The molecule has 0 radical (unpaired) electrons. The van der Waals surface area contributed by atoms with Crippen molar-refractivity contribution >= 4 is 11.6 Å². The molecule has 0 bridgehead atoms. The monoisotopic (exact) mass is 376 g/mol. The lowest BCUT2D eigenvalue weighted by atomic mass is 10.0. The molecule has 4 heteroatoms. The molecule has 1 amide bonds. The number of anilines is 1. The van der Waals surface area contributed by atoms with E-state index in [0.29, 0.717) is 13.0 Å². The summed E-state index contributed by atoms with van der Waals surface area (Å²) >= 11 is 0. The number of rotatable bonds is 6. The zero-order valence-corrected chi connectivity index (χ0v) is 16.2. The van der Waals surface area contributed by atoms with E-state index in [0.717, 1.165) is 22.4 Å². The van der Waals surface area contributed by atoms with Gasteiger partial charge in [0.2, 0.25) is 5.91 Å². The second-order valence-corrected chi connectivity index (χ2v) is 7.02. The van der Waals surface area contributed by atoms with Gasteiger partial charge in [0.05, 0.1) is 0 Å². The van der Waals surface area contributed by atoms with Crippen LogP contribution in [0.1, 0.15) is 28.3 Å². The molecule has 28 heavy (non-hydrogen) atoms. The van der Waals surface area contributed by atoms with Gasteiger partial charge in [0.15, 0.2) is 0 Å². The number of hydrogen-bond acceptors (Lipinski definition) is 2. The van der Waals surface area contributed by atoms with Crippen molar-refractivity contribution in [1.29, 1.82) is 0 Å². The Bertz CT molecular complexity index is 939. The summed E-state index contributed by atoms with van der Waals surface area (Å²) in [6.07, 6.45) is 0.612. The van der Waals surface area contributed by atoms with Crippen LogP contribution in [0.5, 0.6) is 0 Å². The molecule has 0 aliphatic carbocycles. The largest absolute Gasteiger partial charge is 0.316 e. The minimum absolute atomic E-state index is 0.156. The maximum absolute atomic E-state index is 13.3. The summed E-state index contributed by atoms with van der Waals surface area (Å²) in [5.74, 6) is -0.423. The van der Waals surface area contributed by atoms with Crippen molar-refractivity contribution in [3.63, 3.8) is 0 Å². The third-order valence-corrected chi connectivity index (χ3v) is 5.03. The highest BCUT2D eigenvalue weighted by molar-refractivity contribution is 5.97. The Morgan fingerprint density at radius 1 is 0.964 bits per heavy atom. The maximum Gasteiger partial charge on any atom is 0.248 e. The van der Waals surface area contributed by atoms with Crippen LogP contribution in [0.3, 0.4) is 0 Å². The van der Waals surface area contributed by atoms with E-state index >= 15 is 0 Å². The summed E-state index contributed by atoms with van der Waals surface area (Å²) in [4.78, 5) is 15.0. The van der Waals surface area contributed by atoms with Gasteiger partial charge in [-0.3, -0.25) is 4.79 Å². The first-order chi connectivity index (χ1) is 13.5. The molecule has 2 N–H and O–H groups in total. The lowest BCUT2D eigenvalue weighted by Gasteiger charge is -2.27. The number of carbonyl (C=O) groups is 1. The first kappa shape index (κ1) is 19.8. The Balaban J connectivity index is 1.87. The van der Waals surface area contributed by atoms with E-state index < -0.39 is 6.04 Å². The Kier molecular flexibility index (Phi) is 6.22. The molecule has 1 atom stereocenters. The number of carbonyl (C=O) groups excluding carboxylic acids is 1. The summed E-state index contributed by atoms with van der Waals surface area (Å²) in [6.45, 7) is 4.53. The van der Waals surface area contributed by atoms with Crippen molar-refractivity contribution in [2.45, 2.75) is 26.3 Å². The van der Waals surface area contributed by atoms with Gasteiger partial charge in [0.25, 0.3) is 0 Å². The second kappa shape index (κ2) is 8.81. The summed E-state index contributed by atoms with van der Waals surface area (Å²) in [6, 6.07) is 21.0. The number of amides is 1. The van der Waals surface area contributed by atoms with Crippen molar-refractivity contribution < 1.29 is 9.18 Å². The smallest absolute Gasteiger partial charge is 0.248 e. The van der Waals surface area contributed by atoms with Crippen molar-refractivity contribution in [3.05, 3.63) is 101 Å². The summed E-state index contributed by atoms with van der Waals surface area (Å²) in [5.41, 5.74) is 11.1. The van der Waals surface area contributed by atoms with E-state index in [1.807, 2.05) is 62.4 Å². The summed E-state index contributed by atoms with van der Waals surface area (Å²) < 4.78 is 13.2. The number of nitrogens with two attached hydrogens (primary N) is 1. The number of nitrogens with zero attached hydrogens (tertiary/aromatic N) is 1. The highest BCUT2D eigenvalue weighted by Gasteiger charge is 2.24. The average Bonchev–Trinajstić information content (AvgIpc) is 2.72. The number of benzene rings is 3. The molecule has 0 spiro atoms. The van der Waals surface area contributed by atoms with Gasteiger partial charge in [0, 0.05) is 12.2 Å². The molecule has 0 saturated carbocycles. The zero-order chi connectivity index (χ0) is 20.1. The number of halogens is 1. The average molecular weight is 376 g/mol. The molecule has 0 heterocycles. The van der Waals surface area contributed by atoms with E-state index in [-0.39, 0.29) is 11.7 Å². The van der Waals surface area contributed by atoms with E-state index in [2.05, 4.69) is 0 Å². The fourth-order valence-electron chi connectivity index (χ4n) is 3.12. The van der Waals surface area contributed by atoms with Gasteiger partial charge in [-0.2, -0.15) is 0 Å². The molecule has 3 rings (SSSR count). The SMILES string of the molecule is Cc1ccc(N(CCc2ccc(F)cc2)C(=O)[C@@H](N)c2ccccc2)cc1C. The van der Waals surface area contributed by atoms with Gasteiger partial charge in [-0.15, -0.1) is 0 Å². The Hall–Kier alpha value is -2.98. The lowest BCUT2D eigenvalue weighted by molar-refractivity contribution is -0.120. The van der Waals surface area contributed by atoms with Crippen LogP contribution in [0.15, 0.2) is 72.8 Å².